The van der Waals surface area contributed by atoms with Gasteiger partial charge in [-0.15, -0.1) is 0 Å². The maximum Gasteiger partial charge on any atom is 0.276 e. The van der Waals surface area contributed by atoms with E-state index in [-0.39, 0.29) is 5.91 Å². The van der Waals surface area contributed by atoms with E-state index in [0.29, 0.717) is 23.4 Å². The molecule has 0 radical (unpaired) electrons. The molecule has 5 nitrogen and oxygen atoms in total. The van der Waals surface area contributed by atoms with Gasteiger partial charge in [-0.1, -0.05) is 6.92 Å². The first-order valence-corrected chi connectivity index (χ1v) is 4.35. The number of rotatable bonds is 3. The minimum absolute atomic E-state index is 0.289. The number of nitrogens with zero attached hydrogens (tertiary/aromatic N) is 2. The van der Waals surface area contributed by atoms with E-state index in [0.717, 1.165) is 0 Å². The van der Waals surface area contributed by atoms with E-state index >= 15 is 0 Å². The van der Waals surface area contributed by atoms with Crippen molar-refractivity contribution in [1.29, 1.82) is 0 Å². The Balaban J connectivity index is 3.03. The molecule has 5 heteroatoms. The van der Waals surface area contributed by atoms with Gasteiger partial charge in [-0.25, -0.2) is 5.48 Å². The Bertz CT molecular complexity index is 339. The summed E-state index contributed by atoms with van der Waals surface area (Å²) in [6.45, 7) is 3.71. The predicted octanol–water partition coefficient (Wildman–Crippen LogP) is 0.639. The molecular weight excluding hydrogens is 182 g/mol. The lowest BCUT2D eigenvalue weighted by molar-refractivity contribution is 0.0536. The molecule has 0 saturated carbocycles. The number of carbonyl (C=O) groups is 1. The maximum atomic E-state index is 11.5. The van der Waals surface area contributed by atoms with Crippen LogP contribution in [0.25, 0.3) is 0 Å². The first kappa shape index (κ1) is 10.6. The lowest BCUT2D eigenvalue weighted by atomic mass is 10.1. The standard InChI is InChI=1S/C9H13N3O2/c1-4-8-7(9(13)12-14-3)5-6(2)10-11-8/h5H,4H2,1-3H3,(H,12,13). The molecule has 0 aromatic carbocycles. The average molecular weight is 195 g/mol. The highest BCUT2D eigenvalue weighted by molar-refractivity contribution is 5.94. The smallest absolute Gasteiger partial charge is 0.276 e. The summed E-state index contributed by atoms with van der Waals surface area (Å²) < 4.78 is 0. The maximum absolute atomic E-state index is 11.5. The molecule has 14 heavy (non-hydrogen) atoms. The number of amides is 1. The Labute approximate surface area is 82.4 Å². The van der Waals surface area contributed by atoms with E-state index in [1.807, 2.05) is 6.92 Å². The van der Waals surface area contributed by atoms with Crippen molar-refractivity contribution in [3.8, 4) is 0 Å². The van der Waals surface area contributed by atoms with Crippen LogP contribution in [-0.2, 0) is 11.3 Å². The van der Waals surface area contributed by atoms with Crippen LogP contribution in [-0.4, -0.2) is 23.2 Å². The van der Waals surface area contributed by atoms with Crippen LogP contribution in [0.5, 0.6) is 0 Å². The van der Waals surface area contributed by atoms with Crippen LogP contribution in [0.15, 0.2) is 6.07 Å². The molecule has 0 bridgehead atoms. The van der Waals surface area contributed by atoms with Crippen LogP contribution in [0.4, 0.5) is 0 Å². The fraction of sp³-hybridized carbons (Fsp3) is 0.444. The predicted molar refractivity (Wildman–Crippen MR) is 50.6 cm³/mol. The molecule has 1 heterocycles. The van der Waals surface area contributed by atoms with Gasteiger partial charge >= 0.3 is 0 Å². The second kappa shape index (κ2) is 4.66. The lowest BCUT2D eigenvalue weighted by Crippen LogP contribution is -2.24. The normalized spacial score (nSPS) is 9.93. The van der Waals surface area contributed by atoms with Crippen LogP contribution in [0, 0.1) is 6.92 Å². The molecule has 1 aromatic heterocycles. The van der Waals surface area contributed by atoms with E-state index in [9.17, 15) is 4.79 Å². The zero-order chi connectivity index (χ0) is 10.6. The van der Waals surface area contributed by atoms with Crippen molar-refractivity contribution < 1.29 is 9.63 Å². The highest BCUT2D eigenvalue weighted by Gasteiger charge is 2.11. The molecule has 0 aliphatic heterocycles. The molecule has 0 unspecified atom stereocenters. The molecule has 0 fully saturated rings. The highest BCUT2D eigenvalue weighted by atomic mass is 16.6. The number of hydrogen-bond acceptors (Lipinski definition) is 4. The number of aromatic nitrogens is 2. The quantitative estimate of drug-likeness (QED) is 0.719. The van der Waals surface area contributed by atoms with Crippen molar-refractivity contribution in [2.45, 2.75) is 20.3 Å². The van der Waals surface area contributed by atoms with Crippen molar-refractivity contribution in [3.05, 3.63) is 23.0 Å². The van der Waals surface area contributed by atoms with Crippen LogP contribution in [0.2, 0.25) is 0 Å². The van der Waals surface area contributed by atoms with E-state index < -0.39 is 0 Å². The molecule has 76 valence electrons. The van der Waals surface area contributed by atoms with Gasteiger partial charge < -0.3 is 0 Å². The molecule has 0 spiro atoms. The Morgan fingerprint density at radius 1 is 1.57 bits per heavy atom. The second-order valence-electron chi connectivity index (χ2n) is 2.83. The first-order valence-electron chi connectivity index (χ1n) is 4.35. The topological polar surface area (TPSA) is 64.1 Å². The number of aryl methyl sites for hydroxylation is 2. The summed E-state index contributed by atoms with van der Waals surface area (Å²) >= 11 is 0. The molecule has 1 amide bonds. The molecule has 0 atom stereocenters. The summed E-state index contributed by atoms with van der Waals surface area (Å²) in [5.74, 6) is -0.289. The third kappa shape index (κ3) is 2.26. The van der Waals surface area contributed by atoms with Gasteiger partial charge in [0.15, 0.2) is 0 Å². The van der Waals surface area contributed by atoms with Crippen LogP contribution in [0.1, 0.15) is 28.7 Å². The van der Waals surface area contributed by atoms with Crippen molar-refractivity contribution in [2.24, 2.45) is 0 Å². The Morgan fingerprint density at radius 2 is 2.29 bits per heavy atom. The molecule has 1 rings (SSSR count). The first-order chi connectivity index (χ1) is 6.69. The summed E-state index contributed by atoms with van der Waals surface area (Å²) in [4.78, 5) is 16.0. The van der Waals surface area contributed by atoms with Gasteiger partial charge in [0.05, 0.1) is 24.1 Å². The largest absolute Gasteiger partial charge is 0.277 e. The van der Waals surface area contributed by atoms with Crippen LogP contribution >= 0.6 is 0 Å². The van der Waals surface area contributed by atoms with Crippen LogP contribution < -0.4 is 5.48 Å². The highest BCUT2D eigenvalue weighted by Crippen LogP contribution is 2.06. The van der Waals surface area contributed by atoms with E-state index in [1.165, 1.54) is 7.11 Å². The van der Waals surface area contributed by atoms with Crippen molar-refractivity contribution in [3.63, 3.8) is 0 Å². The monoisotopic (exact) mass is 195 g/mol. The van der Waals surface area contributed by atoms with Crippen LogP contribution in [0.3, 0.4) is 0 Å². The molecule has 0 aliphatic carbocycles. The molecule has 0 saturated heterocycles. The summed E-state index contributed by atoms with van der Waals surface area (Å²) in [6.07, 6.45) is 0.666. The fourth-order valence-corrected chi connectivity index (χ4v) is 1.12. The number of hydrogen-bond donors (Lipinski definition) is 1. The second-order valence-corrected chi connectivity index (χ2v) is 2.83. The van der Waals surface area contributed by atoms with Gasteiger partial charge in [0.1, 0.15) is 0 Å². The molecule has 1 N–H and O–H groups in total. The number of carbonyl (C=O) groups excluding carboxylic acids is 1. The summed E-state index contributed by atoms with van der Waals surface area (Å²) in [5, 5.41) is 7.82. The van der Waals surface area contributed by atoms with E-state index in [4.69, 9.17) is 0 Å². The van der Waals surface area contributed by atoms with Gasteiger partial charge in [0, 0.05) is 0 Å². The lowest BCUT2D eigenvalue weighted by Gasteiger charge is -2.06. The molecule has 0 aliphatic rings. The minimum Gasteiger partial charge on any atom is -0.277 e. The fourth-order valence-electron chi connectivity index (χ4n) is 1.12. The Hall–Kier alpha value is -1.49. The van der Waals surface area contributed by atoms with E-state index in [2.05, 4.69) is 20.5 Å². The third-order valence-electron chi connectivity index (χ3n) is 1.77. The molecular formula is C9H13N3O2. The van der Waals surface area contributed by atoms with Gasteiger partial charge in [-0.3, -0.25) is 9.63 Å². The third-order valence-corrected chi connectivity index (χ3v) is 1.77. The Kier molecular flexibility index (Phi) is 3.53. The molecule has 1 aromatic rings. The van der Waals surface area contributed by atoms with Crippen molar-refractivity contribution in [1.82, 2.24) is 15.7 Å². The Morgan fingerprint density at radius 3 is 2.86 bits per heavy atom. The average Bonchev–Trinajstić information content (AvgIpc) is 2.18. The van der Waals surface area contributed by atoms with Gasteiger partial charge in [0.2, 0.25) is 0 Å². The van der Waals surface area contributed by atoms with E-state index in [1.54, 1.807) is 13.0 Å². The van der Waals surface area contributed by atoms with Gasteiger partial charge in [-0.05, 0) is 19.4 Å². The van der Waals surface area contributed by atoms with Crippen molar-refractivity contribution in [2.75, 3.05) is 7.11 Å². The number of hydroxylamine groups is 1. The number of nitrogens with one attached hydrogen (secondary N) is 1. The zero-order valence-corrected chi connectivity index (χ0v) is 8.50. The SMILES string of the molecule is CCc1nnc(C)cc1C(=O)NOC. The minimum atomic E-state index is -0.289. The van der Waals surface area contributed by atoms with Gasteiger partial charge in [0.25, 0.3) is 5.91 Å². The van der Waals surface area contributed by atoms with Gasteiger partial charge in [-0.2, -0.15) is 10.2 Å². The summed E-state index contributed by atoms with van der Waals surface area (Å²) in [6, 6.07) is 1.69. The summed E-state index contributed by atoms with van der Waals surface area (Å²) in [5.41, 5.74) is 4.16. The summed E-state index contributed by atoms with van der Waals surface area (Å²) in [7, 11) is 1.39. The zero-order valence-electron chi connectivity index (χ0n) is 8.50. The van der Waals surface area contributed by atoms with Crippen molar-refractivity contribution >= 4 is 5.91 Å².